The highest BCUT2D eigenvalue weighted by Gasteiger charge is 2.10. The van der Waals surface area contributed by atoms with Gasteiger partial charge in [0.2, 0.25) is 5.96 Å². The molecule has 0 amide bonds. The summed E-state index contributed by atoms with van der Waals surface area (Å²) in [5.41, 5.74) is 0. The van der Waals surface area contributed by atoms with Gasteiger partial charge < -0.3 is 10.4 Å². The van der Waals surface area contributed by atoms with Crippen LogP contribution in [-0.4, -0.2) is 42.3 Å². The quantitative estimate of drug-likeness (QED) is 0.396. The van der Waals surface area contributed by atoms with Crippen LogP contribution >= 0.6 is 0 Å². The molecule has 0 saturated carbocycles. The van der Waals surface area contributed by atoms with Crippen LogP contribution in [0.2, 0.25) is 0 Å². The van der Waals surface area contributed by atoms with E-state index in [9.17, 15) is 0 Å². The van der Waals surface area contributed by atoms with E-state index in [2.05, 4.69) is 10.3 Å². The summed E-state index contributed by atoms with van der Waals surface area (Å²) in [6.45, 7) is 2.11. The molecule has 10 heavy (non-hydrogen) atoms. The molecule has 0 unspecified atom stereocenters. The second kappa shape index (κ2) is 3.38. The van der Waals surface area contributed by atoms with E-state index < -0.39 is 0 Å². The van der Waals surface area contributed by atoms with Crippen molar-refractivity contribution in [2.75, 3.05) is 26.2 Å². The van der Waals surface area contributed by atoms with Crippen LogP contribution in [0, 0.1) is 0 Å². The molecule has 1 aliphatic heterocycles. The number of rotatable bonds is 2. The molecule has 5 heteroatoms. The normalized spacial score (nSPS) is 17.4. The molecule has 0 aliphatic carbocycles. The van der Waals surface area contributed by atoms with E-state index in [-0.39, 0.29) is 6.61 Å². The van der Waals surface area contributed by atoms with Crippen LogP contribution in [0.4, 0.5) is 0 Å². The van der Waals surface area contributed by atoms with Crippen molar-refractivity contribution in [2.45, 2.75) is 0 Å². The molecule has 1 heterocycles. The van der Waals surface area contributed by atoms with E-state index >= 15 is 0 Å². The first-order valence-electron chi connectivity index (χ1n) is 3.26. The van der Waals surface area contributed by atoms with E-state index in [1.165, 1.54) is 5.01 Å². The van der Waals surface area contributed by atoms with Gasteiger partial charge in [-0.3, -0.25) is 10.0 Å². The molecule has 0 fully saturated rings. The molecule has 0 spiro atoms. The molecule has 0 radical (unpaired) electrons. The number of aliphatic hydroxyl groups excluding tert-OH is 1. The van der Waals surface area contributed by atoms with Gasteiger partial charge in [-0.2, -0.15) is 0 Å². The van der Waals surface area contributed by atoms with Gasteiger partial charge >= 0.3 is 0 Å². The maximum Gasteiger partial charge on any atom is 0.208 e. The first-order valence-corrected chi connectivity index (χ1v) is 3.26. The SMILES string of the molecule is NN1CCN=C1NCCO. The summed E-state index contributed by atoms with van der Waals surface area (Å²) >= 11 is 0. The van der Waals surface area contributed by atoms with Crippen LogP contribution in [-0.2, 0) is 0 Å². The molecule has 0 aromatic carbocycles. The zero-order valence-electron chi connectivity index (χ0n) is 5.75. The van der Waals surface area contributed by atoms with Crippen molar-refractivity contribution >= 4 is 5.96 Å². The second-order valence-electron chi connectivity index (χ2n) is 2.05. The van der Waals surface area contributed by atoms with Crippen molar-refractivity contribution in [2.24, 2.45) is 10.8 Å². The fraction of sp³-hybridized carbons (Fsp3) is 0.800. The van der Waals surface area contributed by atoms with Gasteiger partial charge in [0.25, 0.3) is 0 Å². The smallest absolute Gasteiger partial charge is 0.208 e. The van der Waals surface area contributed by atoms with Gasteiger partial charge in [0.1, 0.15) is 0 Å². The molecule has 0 aromatic rings. The first-order chi connectivity index (χ1) is 4.84. The zero-order chi connectivity index (χ0) is 7.40. The van der Waals surface area contributed by atoms with Crippen LogP contribution in [0.25, 0.3) is 0 Å². The van der Waals surface area contributed by atoms with Crippen LogP contribution in [0.15, 0.2) is 4.99 Å². The monoisotopic (exact) mass is 144 g/mol. The molecule has 58 valence electrons. The fourth-order valence-electron chi connectivity index (χ4n) is 0.786. The van der Waals surface area contributed by atoms with Gasteiger partial charge in [0.15, 0.2) is 0 Å². The minimum atomic E-state index is 0.104. The Morgan fingerprint density at radius 1 is 1.80 bits per heavy atom. The molecule has 0 atom stereocenters. The summed E-state index contributed by atoms with van der Waals surface area (Å²) < 4.78 is 0. The highest BCUT2D eigenvalue weighted by molar-refractivity contribution is 5.80. The van der Waals surface area contributed by atoms with Gasteiger partial charge in [-0.15, -0.1) is 0 Å². The third-order valence-corrected chi connectivity index (χ3v) is 1.27. The maximum atomic E-state index is 8.44. The van der Waals surface area contributed by atoms with Crippen molar-refractivity contribution in [1.29, 1.82) is 0 Å². The molecule has 5 nitrogen and oxygen atoms in total. The van der Waals surface area contributed by atoms with Gasteiger partial charge in [-0.05, 0) is 0 Å². The summed E-state index contributed by atoms with van der Waals surface area (Å²) in [4.78, 5) is 4.05. The summed E-state index contributed by atoms with van der Waals surface area (Å²) in [5.74, 6) is 6.15. The standard InChI is InChI=1S/C5H12N4O/c6-9-3-1-7-5(9)8-2-4-10/h10H,1-4,6H2,(H,7,8). The van der Waals surface area contributed by atoms with Crippen LogP contribution in [0.3, 0.4) is 0 Å². The topological polar surface area (TPSA) is 73.9 Å². The van der Waals surface area contributed by atoms with E-state index in [0.717, 1.165) is 13.1 Å². The van der Waals surface area contributed by atoms with Gasteiger partial charge in [0, 0.05) is 6.54 Å². The second-order valence-corrected chi connectivity index (χ2v) is 2.05. The van der Waals surface area contributed by atoms with Crippen molar-refractivity contribution in [3.8, 4) is 0 Å². The lowest BCUT2D eigenvalue weighted by atomic mass is 10.6. The molecule has 1 rings (SSSR count). The average molecular weight is 144 g/mol. The van der Waals surface area contributed by atoms with Crippen molar-refractivity contribution in [3.63, 3.8) is 0 Å². The van der Waals surface area contributed by atoms with E-state index in [1.54, 1.807) is 0 Å². The minimum absolute atomic E-state index is 0.104. The van der Waals surface area contributed by atoms with Gasteiger partial charge in [-0.25, -0.2) is 5.84 Å². The first kappa shape index (κ1) is 7.30. The largest absolute Gasteiger partial charge is 0.395 e. The Kier molecular flexibility index (Phi) is 2.47. The highest BCUT2D eigenvalue weighted by atomic mass is 16.3. The summed E-state index contributed by atoms with van der Waals surface area (Å²) in [7, 11) is 0. The van der Waals surface area contributed by atoms with Crippen LogP contribution in [0.5, 0.6) is 0 Å². The number of hydrazine groups is 1. The highest BCUT2D eigenvalue weighted by Crippen LogP contribution is 1.90. The zero-order valence-corrected chi connectivity index (χ0v) is 5.75. The Bertz CT molecular complexity index is 136. The molecule has 1 aliphatic rings. The van der Waals surface area contributed by atoms with Crippen LogP contribution in [0.1, 0.15) is 0 Å². The third kappa shape index (κ3) is 1.58. The van der Waals surface area contributed by atoms with Crippen molar-refractivity contribution < 1.29 is 5.11 Å². The Morgan fingerprint density at radius 3 is 3.10 bits per heavy atom. The molecule has 0 saturated heterocycles. The Labute approximate surface area is 59.5 Å². The fourth-order valence-corrected chi connectivity index (χ4v) is 0.786. The number of nitrogens with zero attached hydrogens (tertiary/aromatic N) is 2. The number of guanidine groups is 1. The molecular formula is C5H12N4O. The number of nitrogens with one attached hydrogen (secondary N) is 1. The van der Waals surface area contributed by atoms with Crippen LogP contribution < -0.4 is 11.2 Å². The van der Waals surface area contributed by atoms with E-state index in [4.69, 9.17) is 10.9 Å². The number of hydrogen-bond donors (Lipinski definition) is 3. The maximum absolute atomic E-state index is 8.44. The Hall–Kier alpha value is -0.810. The molecule has 0 aromatic heterocycles. The van der Waals surface area contributed by atoms with Gasteiger partial charge in [0.05, 0.1) is 19.7 Å². The lowest BCUT2D eigenvalue weighted by Crippen LogP contribution is -2.43. The summed E-state index contributed by atoms with van der Waals surface area (Å²) in [6, 6.07) is 0. The molecule has 4 N–H and O–H groups in total. The predicted octanol–water partition coefficient (Wildman–Crippen LogP) is -1.89. The summed E-state index contributed by atoms with van der Waals surface area (Å²) in [5, 5.41) is 12.9. The van der Waals surface area contributed by atoms with E-state index in [1.807, 2.05) is 0 Å². The number of aliphatic hydroxyl groups is 1. The lowest BCUT2D eigenvalue weighted by molar-refractivity contribution is 0.298. The van der Waals surface area contributed by atoms with E-state index in [0.29, 0.717) is 12.5 Å². The number of aliphatic imine (C=N–C) groups is 1. The summed E-state index contributed by atoms with van der Waals surface area (Å²) in [6.07, 6.45) is 0. The Balaban J connectivity index is 2.26. The predicted molar refractivity (Wildman–Crippen MR) is 38.3 cm³/mol. The van der Waals surface area contributed by atoms with Crippen molar-refractivity contribution in [1.82, 2.24) is 10.3 Å². The third-order valence-electron chi connectivity index (χ3n) is 1.27. The average Bonchev–Trinajstić information content (AvgIpc) is 2.31. The Morgan fingerprint density at radius 2 is 2.60 bits per heavy atom. The minimum Gasteiger partial charge on any atom is -0.395 e. The number of nitrogens with two attached hydrogens (primary N) is 1. The number of hydrogen-bond acceptors (Lipinski definition) is 5. The lowest BCUT2D eigenvalue weighted by Gasteiger charge is -2.13. The van der Waals surface area contributed by atoms with Gasteiger partial charge in [-0.1, -0.05) is 0 Å². The molecule has 0 bridgehead atoms. The van der Waals surface area contributed by atoms with Crippen molar-refractivity contribution in [3.05, 3.63) is 0 Å². The molecular weight excluding hydrogens is 132 g/mol.